The lowest BCUT2D eigenvalue weighted by Crippen LogP contribution is -2.37. The maximum atomic E-state index is 13.3. The molecule has 2 unspecified atom stereocenters. The largest absolute Gasteiger partial charge is 0.497 e. The molecule has 1 aliphatic rings. The second kappa shape index (κ2) is 13.8. The predicted molar refractivity (Wildman–Crippen MR) is 149 cm³/mol. The van der Waals surface area contributed by atoms with Crippen molar-refractivity contribution in [3.8, 4) is 11.5 Å². The molecular weight excluding hydrogens is 460 g/mol. The predicted octanol–water partition coefficient (Wildman–Crippen LogP) is 7.29. The highest BCUT2D eigenvalue weighted by Crippen LogP contribution is 2.36. The molecule has 1 N–H and O–H groups in total. The van der Waals surface area contributed by atoms with E-state index in [1.54, 1.807) is 26.5 Å². The van der Waals surface area contributed by atoms with E-state index in [0.29, 0.717) is 17.5 Å². The summed E-state index contributed by atoms with van der Waals surface area (Å²) in [5.74, 6) is 2.34. The van der Waals surface area contributed by atoms with Crippen molar-refractivity contribution in [2.45, 2.75) is 75.7 Å². The van der Waals surface area contributed by atoms with Gasteiger partial charge in [0.2, 0.25) is 0 Å². The van der Waals surface area contributed by atoms with Gasteiger partial charge < -0.3 is 14.8 Å². The molecule has 1 amide bonds. The molecule has 5 nitrogen and oxygen atoms in total. The van der Waals surface area contributed by atoms with E-state index in [0.717, 1.165) is 37.2 Å². The molecule has 1 heterocycles. The highest BCUT2D eigenvalue weighted by Gasteiger charge is 2.26. The average molecular weight is 501 g/mol. The van der Waals surface area contributed by atoms with E-state index >= 15 is 0 Å². The lowest BCUT2D eigenvalue weighted by molar-refractivity contribution is 0.0923. The molecule has 2 atom stereocenters. The summed E-state index contributed by atoms with van der Waals surface area (Å²) in [5.41, 5.74) is 3.03. The molecule has 1 saturated carbocycles. The van der Waals surface area contributed by atoms with Crippen LogP contribution in [0, 0.1) is 0 Å². The highest BCUT2D eigenvalue weighted by molar-refractivity contribution is 5.92. The van der Waals surface area contributed by atoms with E-state index in [-0.39, 0.29) is 11.9 Å². The summed E-state index contributed by atoms with van der Waals surface area (Å²) < 4.78 is 11.1. The van der Waals surface area contributed by atoms with Crippen LogP contribution in [0.15, 0.2) is 72.9 Å². The zero-order chi connectivity index (χ0) is 25.9. The average Bonchev–Trinajstić information content (AvgIpc) is 2.94. The smallest absolute Gasteiger partial charge is 0.270 e. The van der Waals surface area contributed by atoms with Crippen LogP contribution in [0.25, 0.3) is 0 Å². The Balaban J connectivity index is 1.65. The van der Waals surface area contributed by atoms with Gasteiger partial charge in [0.15, 0.2) is 0 Å². The number of hydrogen-bond acceptors (Lipinski definition) is 4. The summed E-state index contributed by atoms with van der Waals surface area (Å²) in [6, 6.07) is 22.4. The van der Waals surface area contributed by atoms with Crippen LogP contribution in [0.1, 0.15) is 91.2 Å². The summed E-state index contributed by atoms with van der Waals surface area (Å²) in [6.07, 6.45) is 11.8. The Bertz CT molecular complexity index is 1060. The molecule has 37 heavy (non-hydrogen) atoms. The highest BCUT2D eigenvalue weighted by atomic mass is 16.5. The molecule has 0 bridgehead atoms. The Morgan fingerprint density at radius 2 is 1.32 bits per heavy atom. The Kier molecular flexibility index (Phi) is 9.98. The molecule has 1 aliphatic carbocycles. The van der Waals surface area contributed by atoms with Crippen molar-refractivity contribution in [3.05, 3.63) is 89.7 Å². The van der Waals surface area contributed by atoms with Crippen LogP contribution < -0.4 is 14.8 Å². The normalized spacial score (nSPS) is 21.2. The van der Waals surface area contributed by atoms with E-state index in [2.05, 4.69) is 46.7 Å². The first kappa shape index (κ1) is 26.7. The van der Waals surface area contributed by atoms with E-state index in [9.17, 15) is 4.79 Å². The van der Waals surface area contributed by atoms with Crippen LogP contribution in [0.2, 0.25) is 0 Å². The second-order valence-electron chi connectivity index (χ2n) is 10.1. The first-order valence-corrected chi connectivity index (χ1v) is 13.7. The van der Waals surface area contributed by atoms with Gasteiger partial charge in [0, 0.05) is 12.2 Å². The molecule has 5 heteroatoms. The Morgan fingerprint density at radius 1 is 0.757 bits per heavy atom. The number of aromatic nitrogens is 1. The number of benzene rings is 2. The first-order chi connectivity index (χ1) is 18.2. The van der Waals surface area contributed by atoms with Crippen molar-refractivity contribution in [1.29, 1.82) is 0 Å². The van der Waals surface area contributed by atoms with Gasteiger partial charge in [0.05, 0.1) is 14.2 Å². The molecule has 2 aromatic carbocycles. The van der Waals surface area contributed by atoms with Crippen molar-refractivity contribution in [1.82, 2.24) is 10.3 Å². The van der Waals surface area contributed by atoms with Crippen molar-refractivity contribution < 1.29 is 14.3 Å². The summed E-state index contributed by atoms with van der Waals surface area (Å²) in [4.78, 5) is 17.6. The number of rotatable bonds is 6. The lowest BCUT2D eigenvalue weighted by Gasteiger charge is -2.30. The lowest BCUT2D eigenvalue weighted by atomic mass is 9.81. The van der Waals surface area contributed by atoms with Gasteiger partial charge in [0.1, 0.15) is 17.2 Å². The molecule has 1 aromatic heterocycles. The number of ether oxygens (including phenoxy) is 2. The zero-order valence-electron chi connectivity index (χ0n) is 22.2. The van der Waals surface area contributed by atoms with Gasteiger partial charge >= 0.3 is 0 Å². The molecule has 0 radical (unpaired) electrons. The number of nitrogens with one attached hydrogen (secondary N) is 1. The Morgan fingerprint density at radius 3 is 1.84 bits per heavy atom. The van der Waals surface area contributed by atoms with Gasteiger partial charge in [-0.2, -0.15) is 0 Å². The Hall–Kier alpha value is -3.34. The third kappa shape index (κ3) is 7.82. The topological polar surface area (TPSA) is 60.5 Å². The molecule has 196 valence electrons. The summed E-state index contributed by atoms with van der Waals surface area (Å²) in [6.45, 7) is 0. The molecule has 0 saturated heterocycles. The molecule has 0 spiro atoms. The monoisotopic (exact) mass is 500 g/mol. The van der Waals surface area contributed by atoms with Crippen molar-refractivity contribution >= 4 is 5.91 Å². The zero-order valence-corrected chi connectivity index (χ0v) is 22.2. The number of methoxy groups -OCH3 is 2. The quantitative estimate of drug-likeness (QED) is 0.386. The maximum Gasteiger partial charge on any atom is 0.270 e. The number of pyridine rings is 1. The van der Waals surface area contributed by atoms with Crippen LogP contribution >= 0.6 is 0 Å². The van der Waals surface area contributed by atoms with E-state index in [4.69, 9.17) is 9.47 Å². The van der Waals surface area contributed by atoms with Crippen molar-refractivity contribution in [2.75, 3.05) is 14.2 Å². The number of amides is 1. The third-order valence-corrected chi connectivity index (χ3v) is 7.61. The van der Waals surface area contributed by atoms with Gasteiger partial charge in [-0.1, -0.05) is 62.4 Å². The van der Waals surface area contributed by atoms with Crippen LogP contribution in [0.5, 0.6) is 11.5 Å². The van der Waals surface area contributed by atoms with E-state index in [1.165, 1.54) is 43.2 Å². The van der Waals surface area contributed by atoms with Gasteiger partial charge in [-0.25, -0.2) is 0 Å². The van der Waals surface area contributed by atoms with Gasteiger partial charge in [-0.15, -0.1) is 0 Å². The summed E-state index contributed by atoms with van der Waals surface area (Å²) in [5, 5.41) is 3.38. The van der Waals surface area contributed by atoms with Crippen LogP contribution in [0.4, 0.5) is 0 Å². The summed E-state index contributed by atoms with van der Waals surface area (Å²) >= 11 is 0. The number of hydrogen-bond donors (Lipinski definition) is 1. The maximum absolute atomic E-state index is 13.3. The molecule has 4 rings (SSSR count). The number of carbonyl (C=O) groups excluding carboxylic acids is 1. The third-order valence-electron chi connectivity index (χ3n) is 7.61. The van der Waals surface area contributed by atoms with Crippen LogP contribution in [0.3, 0.4) is 0 Å². The van der Waals surface area contributed by atoms with Crippen molar-refractivity contribution in [3.63, 3.8) is 0 Å². The fraction of sp³-hybridized carbons (Fsp3) is 0.438. The summed E-state index contributed by atoms with van der Waals surface area (Å²) in [7, 11) is 3.43. The Labute approximate surface area is 221 Å². The minimum atomic E-state index is -0.105. The SMILES string of the molecule is COc1cccc(C2CCCCCCCC(c3cccc(OC)c3)CC(NC(=O)c3ccccn3)C2)c1. The standard InChI is InChI=1S/C32H40N2O3/c1-36-29-16-10-14-26(22-29)24-12-6-4-3-5-7-13-25(27-15-11-17-30(23-27)37-2)21-28(20-24)34-32(35)31-18-8-9-19-33-31/h8-11,14-19,22-25,28H,3-7,12-13,20-21H2,1-2H3,(H,34,35). The van der Waals surface area contributed by atoms with Gasteiger partial charge in [0.25, 0.3) is 5.91 Å². The molecule has 0 aliphatic heterocycles. The minimum absolute atomic E-state index is 0.0151. The minimum Gasteiger partial charge on any atom is -0.497 e. The van der Waals surface area contributed by atoms with Gasteiger partial charge in [-0.05, 0) is 85.0 Å². The van der Waals surface area contributed by atoms with Crippen molar-refractivity contribution in [2.24, 2.45) is 0 Å². The fourth-order valence-electron chi connectivity index (χ4n) is 5.60. The second-order valence-corrected chi connectivity index (χ2v) is 10.1. The molecule has 3 aromatic rings. The molecule has 1 fully saturated rings. The van der Waals surface area contributed by atoms with Crippen LogP contribution in [-0.4, -0.2) is 31.2 Å². The molecular formula is C32H40N2O3. The van der Waals surface area contributed by atoms with Gasteiger partial charge in [-0.3, -0.25) is 9.78 Å². The number of carbonyl (C=O) groups is 1. The van der Waals surface area contributed by atoms with E-state index < -0.39 is 0 Å². The fourth-order valence-corrected chi connectivity index (χ4v) is 5.60. The number of nitrogens with zero attached hydrogens (tertiary/aromatic N) is 1. The first-order valence-electron chi connectivity index (χ1n) is 13.7. The van der Waals surface area contributed by atoms with Crippen LogP contribution in [-0.2, 0) is 0 Å². The van der Waals surface area contributed by atoms with E-state index in [1.807, 2.05) is 24.3 Å².